The van der Waals surface area contributed by atoms with Gasteiger partial charge >= 0.3 is 0 Å². The first kappa shape index (κ1) is 7.65. The highest BCUT2D eigenvalue weighted by Crippen LogP contribution is 2.00. The van der Waals surface area contributed by atoms with E-state index in [1.54, 1.807) is 4.90 Å². The number of nitrogens with zero attached hydrogens (tertiary/aromatic N) is 3. The zero-order valence-electron chi connectivity index (χ0n) is 6.48. The van der Waals surface area contributed by atoms with Gasteiger partial charge in [-0.25, -0.2) is 9.97 Å². The lowest BCUT2D eigenvalue weighted by molar-refractivity contribution is 0.112. The monoisotopic (exact) mass is 151 g/mol. The van der Waals surface area contributed by atoms with Gasteiger partial charge in [0.15, 0.2) is 6.29 Å². The van der Waals surface area contributed by atoms with Gasteiger partial charge in [-0.15, -0.1) is 0 Å². The second-order valence-corrected chi connectivity index (χ2v) is 2.33. The molecule has 0 aliphatic heterocycles. The van der Waals surface area contributed by atoms with Gasteiger partial charge in [0.2, 0.25) is 5.95 Å². The van der Waals surface area contributed by atoms with Crippen LogP contribution in [-0.2, 0) is 0 Å². The average molecular weight is 151 g/mol. The van der Waals surface area contributed by atoms with E-state index in [1.165, 1.54) is 12.4 Å². The molecular weight excluding hydrogens is 142 g/mol. The van der Waals surface area contributed by atoms with Gasteiger partial charge in [0.05, 0.1) is 5.56 Å². The van der Waals surface area contributed by atoms with Crippen molar-refractivity contribution < 1.29 is 4.79 Å². The first-order valence-electron chi connectivity index (χ1n) is 3.18. The number of anilines is 1. The summed E-state index contributed by atoms with van der Waals surface area (Å²) in [6.07, 6.45) is 3.71. The molecule has 0 bridgehead atoms. The standard InChI is InChI=1S/C7H9N3O/c1-10(2)7-8-3-6(5-11)4-9-7/h3-5H,1-2H3. The van der Waals surface area contributed by atoms with Crippen LogP contribution in [-0.4, -0.2) is 30.3 Å². The largest absolute Gasteiger partial charge is 0.347 e. The van der Waals surface area contributed by atoms with E-state index in [1.807, 2.05) is 14.1 Å². The molecule has 0 spiro atoms. The fourth-order valence-electron chi connectivity index (χ4n) is 0.623. The van der Waals surface area contributed by atoms with Crippen molar-refractivity contribution in [3.63, 3.8) is 0 Å². The summed E-state index contributed by atoms with van der Waals surface area (Å²) in [4.78, 5) is 19.8. The van der Waals surface area contributed by atoms with Crippen molar-refractivity contribution in [2.75, 3.05) is 19.0 Å². The third-order valence-corrected chi connectivity index (χ3v) is 1.19. The van der Waals surface area contributed by atoms with E-state index in [0.717, 1.165) is 6.29 Å². The van der Waals surface area contributed by atoms with E-state index in [2.05, 4.69) is 9.97 Å². The molecule has 0 atom stereocenters. The Hall–Kier alpha value is -1.45. The van der Waals surface area contributed by atoms with Crippen LogP contribution >= 0.6 is 0 Å². The predicted molar refractivity (Wildman–Crippen MR) is 41.7 cm³/mol. The van der Waals surface area contributed by atoms with Crippen LogP contribution in [0.25, 0.3) is 0 Å². The summed E-state index contributed by atoms with van der Waals surface area (Å²) in [6, 6.07) is 0. The van der Waals surface area contributed by atoms with E-state index >= 15 is 0 Å². The number of carbonyl (C=O) groups is 1. The molecule has 4 nitrogen and oxygen atoms in total. The number of hydrogen-bond acceptors (Lipinski definition) is 4. The van der Waals surface area contributed by atoms with Crippen molar-refractivity contribution in [2.45, 2.75) is 0 Å². The average Bonchev–Trinajstić information content (AvgIpc) is 2.05. The smallest absolute Gasteiger partial charge is 0.224 e. The summed E-state index contributed by atoms with van der Waals surface area (Å²) in [5.41, 5.74) is 0.496. The van der Waals surface area contributed by atoms with Crippen molar-refractivity contribution in [1.29, 1.82) is 0 Å². The van der Waals surface area contributed by atoms with E-state index in [-0.39, 0.29) is 0 Å². The SMILES string of the molecule is CN(C)c1ncc(C=O)cn1. The van der Waals surface area contributed by atoms with Crippen LogP contribution in [0.5, 0.6) is 0 Å². The molecule has 0 radical (unpaired) electrons. The molecule has 0 fully saturated rings. The molecule has 1 heterocycles. The fraction of sp³-hybridized carbons (Fsp3) is 0.286. The molecule has 0 N–H and O–H groups in total. The van der Waals surface area contributed by atoms with Gasteiger partial charge in [-0.2, -0.15) is 0 Å². The van der Waals surface area contributed by atoms with Gasteiger partial charge in [-0.3, -0.25) is 4.79 Å². The number of carbonyl (C=O) groups excluding carboxylic acids is 1. The lowest BCUT2D eigenvalue weighted by atomic mass is 10.4. The molecule has 0 aliphatic carbocycles. The van der Waals surface area contributed by atoms with Gasteiger partial charge in [-0.1, -0.05) is 0 Å². The highest BCUT2D eigenvalue weighted by molar-refractivity contribution is 5.73. The van der Waals surface area contributed by atoms with Crippen molar-refractivity contribution in [2.24, 2.45) is 0 Å². The molecule has 1 aromatic rings. The molecule has 0 amide bonds. The molecular formula is C7H9N3O. The summed E-state index contributed by atoms with van der Waals surface area (Å²) >= 11 is 0. The summed E-state index contributed by atoms with van der Waals surface area (Å²) in [7, 11) is 3.69. The fourth-order valence-corrected chi connectivity index (χ4v) is 0.623. The number of aromatic nitrogens is 2. The first-order chi connectivity index (χ1) is 5.24. The Morgan fingerprint density at radius 2 is 1.91 bits per heavy atom. The molecule has 1 rings (SSSR count). The van der Waals surface area contributed by atoms with Crippen molar-refractivity contribution in [3.8, 4) is 0 Å². The van der Waals surface area contributed by atoms with Crippen LogP contribution in [0.15, 0.2) is 12.4 Å². The number of hydrogen-bond donors (Lipinski definition) is 0. The minimum absolute atomic E-state index is 0.496. The second-order valence-electron chi connectivity index (χ2n) is 2.33. The van der Waals surface area contributed by atoms with Crippen LogP contribution in [0.4, 0.5) is 5.95 Å². The summed E-state index contributed by atoms with van der Waals surface area (Å²) in [5.74, 6) is 0.607. The maximum absolute atomic E-state index is 10.2. The highest BCUT2D eigenvalue weighted by Gasteiger charge is 1.96. The third kappa shape index (κ3) is 1.73. The minimum atomic E-state index is 0.496. The number of rotatable bonds is 2. The molecule has 0 aliphatic rings. The maximum Gasteiger partial charge on any atom is 0.224 e. The Bertz CT molecular complexity index is 242. The Kier molecular flexibility index (Phi) is 2.15. The highest BCUT2D eigenvalue weighted by atomic mass is 16.1. The summed E-state index contributed by atoms with van der Waals surface area (Å²) in [6.45, 7) is 0. The molecule has 0 saturated carbocycles. The molecule has 0 unspecified atom stereocenters. The Morgan fingerprint density at radius 3 is 2.27 bits per heavy atom. The first-order valence-corrected chi connectivity index (χ1v) is 3.18. The van der Waals surface area contributed by atoms with Crippen LogP contribution < -0.4 is 4.90 Å². The van der Waals surface area contributed by atoms with Crippen LogP contribution in [0.2, 0.25) is 0 Å². The van der Waals surface area contributed by atoms with Gasteiger partial charge in [0.25, 0.3) is 0 Å². The molecule has 1 aromatic heterocycles. The van der Waals surface area contributed by atoms with E-state index in [4.69, 9.17) is 0 Å². The lowest BCUT2D eigenvalue weighted by Gasteiger charge is -2.07. The van der Waals surface area contributed by atoms with Crippen molar-refractivity contribution in [3.05, 3.63) is 18.0 Å². The van der Waals surface area contributed by atoms with Crippen molar-refractivity contribution >= 4 is 12.2 Å². The number of aldehydes is 1. The molecule has 0 aromatic carbocycles. The van der Waals surface area contributed by atoms with Crippen molar-refractivity contribution in [1.82, 2.24) is 9.97 Å². The van der Waals surface area contributed by atoms with E-state index < -0.39 is 0 Å². The molecule has 11 heavy (non-hydrogen) atoms. The van der Waals surface area contributed by atoms with Crippen LogP contribution in [0.3, 0.4) is 0 Å². The van der Waals surface area contributed by atoms with Crippen LogP contribution in [0, 0.1) is 0 Å². The normalized spacial score (nSPS) is 9.27. The van der Waals surface area contributed by atoms with Gasteiger partial charge in [0, 0.05) is 26.5 Å². The Labute approximate surface area is 64.9 Å². The van der Waals surface area contributed by atoms with Gasteiger partial charge in [0.1, 0.15) is 0 Å². The lowest BCUT2D eigenvalue weighted by Crippen LogP contribution is -2.12. The van der Waals surface area contributed by atoms with E-state index in [0.29, 0.717) is 11.5 Å². The Balaban J connectivity index is 2.91. The summed E-state index contributed by atoms with van der Waals surface area (Å²) in [5, 5.41) is 0. The van der Waals surface area contributed by atoms with Gasteiger partial charge < -0.3 is 4.90 Å². The minimum Gasteiger partial charge on any atom is -0.347 e. The van der Waals surface area contributed by atoms with E-state index in [9.17, 15) is 4.79 Å². The quantitative estimate of drug-likeness (QED) is 0.572. The zero-order valence-corrected chi connectivity index (χ0v) is 6.48. The topological polar surface area (TPSA) is 46.1 Å². The zero-order chi connectivity index (χ0) is 8.27. The van der Waals surface area contributed by atoms with Crippen LogP contribution in [0.1, 0.15) is 10.4 Å². The Morgan fingerprint density at radius 1 is 1.36 bits per heavy atom. The second kappa shape index (κ2) is 3.09. The van der Waals surface area contributed by atoms with Gasteiger partial charge in [-0.05, 0) is 0 Å². The molecule has 4 heteroatoms. The molecule has 0 saturated heterocycles. The summed E-state index contributed by atoms with van der Waals surface area (Å²) < 4.78 is 0. The third-order valence-electron chi connectivity index (χ3n) is 1.19. The molecule has 58 valence electrons. The predicted octanol–water partition coefficient (Wildman–Crippen LogP) is 0.355. The maximum atomic E-state index is 10.2.